The van der Waals surface area contributed by atoms with E-state index in [0.717, 1.165) is 31.2 Å². The molecule has 0 amide bonds. The zero-order valence-corrected chi connectivity index (χ0v) is 14.3. The van der Waals surface area contributed by atoms with E-state index in [-0.39, 0.29) is 23.8 Å². The summed E-state index contributed by atoms with van der Waals surface area (Å²) < 4.78 is 12.0. The van der Waals surface area contributed by atoms with Crippen molar-refractivity contribution >= 4 is 11.9 Å². The van der Waals surface area contributed by atoms with E-state index < -0.39 is 5.97 Å². The van der Waals surface area contributed by atoms with E-state index in [1.807, 2.05) is 25.1 Å². The summed E-state index contributed by atoms with van der Waals surface area (Å²) in [6.07, 6.45) is 4.83. The Labute approximate surface area is 145 Å². The highest BCUT2D eigenvalue weighted by Gasteiger charge is 2.31. The van der Waals surface area contributed by atoms with Crippen LogP contribution in [0.5, 0.6) is 0 Å². The first-order valence-corrected chi connectivity index (χ1v) is 8.36. The fraction of sp³-hybridized carbons (Fsp3) is 0.444. The van der Waals surface area contributed by atoms with E-state index in [9.17, 15) is 9.59 Å². The van der Waals surface area contributed by atoms with Crippen LogP contribution >= 0.6 is 0 Å². The third kappa shape index (κ3) is 3.87. The molecule has 1 aliphatic carbocycles. The van der Waals surface area contributed by atoms with E-state index in [0.29, 0.717) is 5.56 Å². The third-order valence-electron chi connectivity index (χ3n) is 4.42. The monoisotopic (exact) mass is 343 g/mol. The van der Waals surface area contributed by atoms with Crippen molar-refractivity contribution < 1.29 is 19.1 Å². The van der Waals surface area contributed by atoms with Crippen LogP contribution in [0.1, 0.15) is 58.1 Å². The molecule has 1 aromatic carbocycles. The Bertz CT molecular complexity index is 771. The quantitative estimate of drug-likeness (QED) is 0.794. The summed E-state index contributed by atoms with van der Waals surface area (Å²) in [7, 11) is 1.30. The Balaban J connectivity index is 1.76. The van der Waals surface area contributed by atoms with Gasteiger partial charge in [0.2, 0.25) is 0 Å². The lowest BCUT2D eigenvalue weighted by Crippen LogP contribution is -2.32. The number of methoxy groups -OCH3 is 1. The third-order valence-corrected chi connectivity index (χ3v) is 4.42. The number of aromatic nitrogens is 3. The number of hydrogen-bond donors (Lipinski definition) is 0. The van der Waals surface area contributed by atoms with Gasteiger partial charge in [-0.3, -0.25) is 0 Å². The van der Waals surface area contributed by atoms with Crippen molar-refractivity contribution in [2.45, 2.75) is 44.8 Å². The van der Waals surface area contributed by atoms with E-state index >= 15 is 0 Å². The molecule has 0 radical (unpaired) electrons. The largest absolute Gasteiger partial charge is 0.464 e. The van der Waals surface area contributed by atoms with Crippen molar-refractivity contribution in [2.24, 2.45) is 0 Å². The summed E-state index contributed by atoms with van der Waals surface area (Å²) in [5, 5.41) is 7.87. The van der Waals surface area contributed by atoms with E-state index in [4.69, 9.17) is 4.74 Å². The van der Waals surface area contributed by atoms with Crippen molar-refractivity contribution in [3.8, 4) is 0 Å². The van der Waals surface area contributed by atoms with Gasteiger partial charge < -0.3 is 9.47 Å². The molecule has 25 heavy (non-hydrogen) atoms. The summed E-state index contributed by atoms with van der Waals surface area (Å²) in [6.45, 7) is 1.93. The van der Waals surface area contributed by atoms with Gasteiger partial charge in [0.25, 0.3) is 0 Å². The number of carbonyl (C=O) groups excluding carboxylic acids is 2. The Kier molecular flexibility index (Phi) is 5.11. The average Bonchev–Trinajstić information content (AvgIpc) is 3.11. The Hall–Kier alpha value is -2.70. The number of esters is 2. The van der Waals surface area contributed by atoms with E-state index in [1.54, 1.807) is 16.9 Å². The first-order chi connectivity index (χ1) is 12.1. The Morgan fingerprint density at radius 2 is 2.00 bits per heavy atom. The minimum Gasteiger partial charge on any atom is -0.464 e. The molecule has 7 nitrogen and oxygen atoms in total. The molecule has 1 fully saturated rings. The SMILES string of the molecule is COC(=O)c1cn(C2CCCCC2OC(=O)c2cccc(C)c2)nn1. The summed E-state index contributed by atoms with van der Waals surface area (Å²) in [5.41, 5.74) is 1.70. The molecular formula is C18H21N3O4. The van der Waals surface area contributed by atoms with Gasteiger partial charge in [-0.15, -0.1) is 5.10 Å². The standard InChI is InChI=1S/C18H21N3O4/c1-12-6-5-7-13(10-12)17(22)25-16-9-4-3-8-15(16)21-11-14(19-20-21)18(23)24-2/h5-7,10-11,15-16H,3-4,8-9H2,1-2H3. The maximum atomic E-state index is 12.5. The zero-order chi connectivity index (χ0) is 17.8. The molecule has 1 heterocycles. The highest BCUT2D eigenvalue weighted by atomic mass is 16.5. The van der Waals surface area contributed by atoms with Crippen LogP contribution in [-0.2, 0) is 9.47 Å². The zero-order valence-electron chi connectivity index (χ0n) is 14.3. The maximum Gasteiger partial charge on any atom is 0.360 e. The number of ether oxygens (including phenoxy) is 2. The molecule has 7 heteroatoms. The number of hydrogen-bond acceptors (Lipinski definition) is 6. The first kappa shape index (κ1) is 17.1. The van der Waals surface area contributed by atoms with Crippen LogP contribution in [0.4, 0.5) is 0 Å². The van der Waals surface area contributed by atoms with Gasteiger partial charge >= 0.3 is 11.9 Å². The number of nitrogens with zero attached hydrogens (tertiary/aromatic N) is 3. The molecule has 132 valence electrons. The van der Waals surface area contributed by atoms with Gasteiger partial charge in [0, 0.05) is 0 Å². The van der Waals surface area contributed by atoms with Crippen LogP contribution in [0.15, 0.2) is 30.5 Å². The van der Waals surface area contributed by atoms with Crippen LogP contribution in [-0.4, -0.2) is 40.1 Å². The molecule has 2 unspecified atom stereocenters. The lowest BCUT2D eigenvalue weighted by atomic mass is 9.92. The first-order valence-electron chi connectivity index (χ1n) is 8.36. The number of carbonyl (C=O) groups is 2. The molecule has 1 aliphatic rings. The van der Waals surface area contributed by atoms with Gasteiger partial charge in [0.15, 0.2) is 5.69 Å². The highest BCUT2D eigenvalue weighted by molar-refractivity contribution is 5.89. The average molecular weight is 343 g/mol. The molecule has 0 bridgehead atoms. The second kappa shape index (κ2) is 7.46. The van der Waals surface area contributed by atoms with E-state index in [1.165, 1.54) is 7.11 Å². The highest BCUT2D eigenvalue weighted by Crippen LogP contribution is 2.31. The Morgan fingerprint density at radius 3 is 2.76 bits per heavy atom. The summed E-state index contributed by atoms with van der Waals surface area (Å²) >= 11 is 0. The number of rotatable bonds is 4. The summed E-state index contributed by atoms with van der Waals surface area (Å²) in [4.78, 5) is 24.0. The van der Waals surface area contributed by atoms with Gasteiger partial charge in [-0.2, -0.15) is 0 Å². The molecule has 0 aliphatic heterocycles. The molecule has 0 N–H and O–H groups in total. The molecule has 1 aromatic heterocycles. The minimum atomic E-state index is -0.532. The topological polar surface area (TPSA) is 83.3 Å². The predicted molar refractivity (Wildman–Crippen MR) is 89.2 cm³/mol. The Morgan fingerprint density at radius 1 is 1.20 bits per heavy atom. The second-order valence-electron chi connectivity index (χ2n) is 6.24. The van der Waals surface area contributed by atoms with Crippen LogP contribution in [0.25, 0.3) is 0 Å². The van der Waals surface area contributed by atoms with E-state index in [2.05, 4.69) is 15.0 Å². The van der Waals surface area contributed by atoms with Crippen molar-refractivity contribution in [1.29, 1.82) is 0 Å². The molecule has 2 aromatic rings. The summed E-state index contributed by atoms with van der Waals surface area (Å²) in [5.74, 6) is -0.871. The fourth-order valence-electron chi connectivity index (χ4n) is 3.13. The van der Waals surface area contributed by atoms with Crippen LogP contribution in [0.2, 0.25) is 0 Å². The number of aryl methyl sites for hydroxylation is 1. The van der Waals surface area contributed by atoms with Gasteiger partial charge in [0.05, 0.1) is 24.9 Å². The molecule has 0 spiro atoms. The molecule has 0 saturated heterocycles. The van der Waals surface area contributed by atoms with Gasteiger partial charge in [-0.1, -0.05) is 29.3 Å². The molecule has 1 saturated carbocycles. The van der Waals surface area contributed by atoms with Crippen LogP contribution in [0.3, 0.4) is 0 Å². The van der Waals surface area contributed by atoms with Gasteiger partial charge in [0.1, 0.15) is 6.10 Å². The lowest BCUT2D eigenvalue weighted by molar-refractivity contribution is 0.00172. The van der Waals surface area contributed by atoms with Crippen LogP contribution in [0, 0.1) is 6.92 Å². The van der Waals surface area contributed by atoms with Gasteiger partial charge in [-0.05, 0) is 38.3 Å². The van der Waals surface area contributed by atoms with Crippen molar-refractivity contribution in [1.82, 2.24) is 15.0 Å². The molecular weight excluding hydrogens is 322 g/mol. The molecule has 3 rings (SSSR count). The lowest BCUT2D eigenvalue weighted by Gasteiger charge is -2.30. The maximum absolute atomic E-state index is 12.5. The normalized spacial score (nSPS) is 20.1. The van der Waals surface area contributed by atoms with Crippen molar-refractivity contribution in [2.75, 3.05) is 7.11 Å². The molecule has 2 atom stereocenters. The predicted octanol–water partition coefficient (Wildman–Crippen LogP) is 2.71. The van der Waals surface area contributed by atoms with Crippen molar-refractivity contribution in [3.63, 3.8) is 0 Å². The smallest absolute Gasteiger partial charge is 0.360 e. The van der Waals surface area contributed by atoms with Gasteiger partial charge in [-0.25, -0.2) is 14.3 Å². The van der Waals surface area contributed by atoms with Crippen molar-refractivity contribution in [3.05, 3.63) is 47.3 Å². The van der Waals surface area contributed by atoms with Crippen LogP contribution < -0.4 is 0 Å². The second-order valence-corrected chi connectivity index (χ2v) is 6.24. The number of benzene rings is 1. The minimum absolute atomic E-state index is 0.131. The fourth-order valence-corrected chi connectivity index (χ4v) is 3.13. The summed E-state index contributed by atoms with van der Waals surface area (Å²) in [6, 6.07) is 7.20.